The number of benzene rings is 1. The zero-order valence-corrected chi connectivity index (χ0v) is 19.4. The highest BCUT2D eigenvalue weighted by Gasteiger charge is 2.23. The first-order valence-corrected chi connectivity index (χ1v) is 9.63. The number of furan rings is 1. The number of carbonyl (C=O) groups excluding carboxylic acids is 1. The van der Waals surface area contributed by atoms with Gasteiger partial charge < -0.3 is 24.7 Å². The van der Waals surface area contributed by atoms with E-state index in [1.165, 1.54) is 12.8 Å². The van der Waals surface area contributed by atoms with Crippen LogP contribution in [0.25, 0.3) is 0 Å². The predicted octanol–water partition coefficient (Wildman–Crippen LogP) is 3.33. The quantitative estimate of drug-likeness (QED) is 0.268. The Morgan fingerprint density at radius 2 is 2.10 bits per heavy atom. The summed E-state index contributed by atoms with van der Waals surface area (Å²) < 4.78 is 10.4. The number of para-hydroxylation sites is 1. The summed E-state index contributed by atoms with van der Waals surface area (Å²) in [6.45, 7) is 6.85. The normalized spacial score (nSPS) is 16.3. The van der Waals surface area contributed by atoms with E-state index in [2.05, 4.69) is 44.8 Å². The fourth-order valence-electron chi connectivity index (χ4n) is 3.36. The van der Waals surface area contributed by atoms with Crippen molar-refractivity contribution >= 4 is 41.6 Å². The number of nitrogens with one attached hydrogen (secondary N) is 2. The molecule has 2 heterocycles. The summed E-state index contributed by atoms with van der Waals surface area (Å²) in [7, 11) is 1.36. The van der Waals surface area contributed by atoms with Crippen LogP contribution >= 0.6 is 24.0 Å². The van der Waals surface area contributed by atoms with Gasteiger partial charge >= 0.3 is 5.97 Å². The summed E-state index contributed by atoms with van der Waals surface area (Å²) in [5, 5.41) is 6.78. The average molecular weight is 512 g/mol. The summed E-state index contributed by atoms with van der Waals surface area (Å²) in [5.74, 6) is 1.53. The molecule has 0 amide bonds. The summed E-state index contributed by atoms with van der Waals surface area (Å²) >= 11 is 0. The number of hydrogen-bond donors (Lipinski definition) is 2. The molecule has 0 radical (unpaired) electrons. The highest BCUT2D eigenvalue weighted by molar-refractivity contribution is 14.0. The Hall–Kier alpha value is -2.23. The van der Waals surface area contributed by atoms with E-state index in [4.69, 9.17) is 9.15 Å². The Kier molecular flexibility index (Phi) is 8.81. The molecule has 2 N–H and O–H groups in total. The van der Waals surface area contributed by atoms with Crippen LogP contribution in [0.4, 0.5) is 5.69 Å². The minimum atomic E-state index is -0.395. The van der Waals surface area contributed by atoms with Crippen molar-refractivity contribution < 1.29 is 13.9 Å². The predicted molar refractivity (Wildman–Crippen MR) is 125 cm³/mol. The van der Waals surface area contributed by atoms with Gasteiger partial charge in [0.1, 0.15) is 23.6 Å². The lowest BCUT2D eigenvalue weighted by atomic mass is 10.2. The van der Waals surface area contributed by atoms with Gasteiger partial charge in [-0.2, -0.15) is 0 Å². The van der Waals surface area contributed by atoms with Crippen LogP contribution in [0.15, 0.2) is 45.8 Å². The van der Waals surface area contributed by atoms with Gasteiger partial charge in [0.15, 0.2) is 5.96 Å². The Morgan fingerprint density at radius 1 is 1.34 bits per heavy atom. The largest absolute Gasteiger partial charge is 0.465 e. The number of aliphatic imine (C=N–C) groups is 1. The molecule has 0 spiro atoms. The van der Waals surface area contributed by atoms with Gasteiger partial charge in [-0.05, 0) is 38.5 Å². The fourth-order valence-corrected chi connectivity index (χ4v) is 3.36. The van der Waals surface area contributed by atoms with Crippen LogP contribution in [0.1, 0.15) is 35.2 Å². The van der Waals surface area contributed by atoms with Crippen LogP contribution in [0.5, 0.6) is 0 Å². The number of methoxy groups -OCH3 is 1. The number of hydrogen-bond acceptors (Lipinski definition) is 5. The standard InChI is InChI=1S/C21H28N4O3.HI/c1-4-22-21(23-13-18-12-19(15(2)28-18)20(26)27-3)24-16-10-11-25(14-16)17-8-6-5-7-9-17;/h5-9,12,16H,4,10-11,13-14H2,1-3H3,(H2,22,23,24);1H. The molecule has 1 aromatic carbocycles. The number of esters is 1. The minimum Gasteiger partial charge on any atom is -0.465 e. The monoisotopic (exact) mass is 512 g/mol. The van der Waals surface area contributed by atoms with Crippen molar-refractivity contribution in [2.24, 2.45) is 4.99 Å². The molecular formula is C21H29IN4O3. The van der Waals surface area contributed by atoms with E-state index in [0.29, 0.717) is 29.7 Å². The number of nitrogens with zero attached hydrogens (tertiary/aromatic N) is 2. The molecule has 1 saturated heterocycles. The number of guanidine groups is 1. The molecule has 29 heavy (non-hydrogen) atoms. The molecular weight excluding hydrogens is 483 g/mol. The number of carbonyl (C=O) groups is 1. The van der Waals surface area contributed by atoms with Gasteiger partial charge in [-0.15, -0.1) is 24.0 Å². The van der Waals surface area contributed by atoms with Crippen LogP contribution in [-0.4, -0.2) is 44.7 Å². The lowest BCUT2D eigenvalue weighted by molar-refractivity contribution is 0.0599. The fraction of sp³-hybridized carbons (Fsp3) is 0.429. The van der Waals surface area contributed by atoms with Crippen LogP contribution in [0.3, 0.4) is 0 Å². The maximum Gasteiger partial charge on any atom is 0.341 e. The molecule has 7 nitrogen and oxygen atoms in total. The lowest BCUT2D eigenvalue weighted by Crippen LogP contribution is -2.44. The Labute approximate surface area is 188 Å². The van der Waals surface area contributed by atoms with E-state index in [0.717, 1.165) is 32.0 Å². The second-order valence-corrected chi connectivity index (χ2v) is 6.78. The molecule has 3 rings (SSSR count). The Bertz CT molecular complexity index is 823. The second kappa shape index (κ2) is 11.1. The minimum absolute atomic E-state index is 0. The Morgan fingerprint density at radius 3 is 2.79 bits per heavy atom. The zero-order chi connectivity index (χ0) is 19.9. The molecule has 1 aliphatic rings. The molecule has 1 unspecified atom stereocenters. The average Bonchev–Trinajstić information content (AvgIpc) is 3.33. The number of halogens is 1. The van der Waals surface area contributed by atoms with Crippen molar-refractivity contribution in [1.82, 2.24) is 10.6 Å². The third-order valence-corrected chi connectivity index (χ3v) is 4.76. The van der Waals surface area contributed by atoms with E-state index in [9.17, 15) is 4.79 Å². The third-order valence-electron chi connectivity index (χ3n) is 4.76. The van der Waals surface area contributed by atoms with E-state index in [-0.39, 0.29) is 24.0 Å². The second-order valence-electron chi connectivity index (χ2n) is 6.78. The highest BCUT2D eigenvalue weighted by atomic mass is 127. The number of rotatable bonds is 6. The first-order chi connectivity index (χ1) is 13.6. The highest BCUT2D eigenvalue weighted by Crippen LogP contribution is 2.20. The maximum atomic E-state index is 11.7. The molecule has 8 heteroatoms. The summed E-state index contributed by atoms with van der Waals surface area (Å²) in [6.07, 6.45) is 1.05. The lowest BCUT2D eigenvalue weighted by Gasteiger charge is -2.20. The molecule has 2 aromatic rings. The molecule has 0 aliphatic carbocycles. The van der Waals surface area contributed by atoms with Gasteiger partial charge in [0, 0.05) is 31.4 Å². The van der Waals surface area contributed by atoms with Gasteiger partial charge in [-0.1, -0.05) is 18.2 Å². The zero-order valence-electron chi connectivity index (χ0n) is 17.1. The number of anilines is 1. The summed E-state index contributed by atoms with van der Waals surface area (Å²) in [5.41, 5.74) is 1.69. The third kappa shape index (κ3) is 6.12. The van der Waals surface area contributed by atoms with E-state index in [1.54, 1.807) is 13.0 Å². The van der Waals surface area contributed by atoms with Gasteiger partial charge in [-0.3, -0.25) is 0 Å². The first-order valence-electron chi connectivity index (χ1n) is 9.63. The topological polar surface area (TPSA) is 79.1 Å². The van der Waals surface area contributed by atoms with Gasteiger partial charge in [0.05, 0.1) is 7.11 Å². The van der Waals surface area contributed by atoms with E-state index >= 15 is 0 Å². The molecule has 1 atom stereocenters. The van der Waals surface area contributed by atoms with Crippen LogP contribution < -0.4 is 15.5 Å². The van der Waals surface area contributed by atoms with Crippen molar-refractivity contribution in [2.75, 3.05) is 31.6 Å². The van der Waals surface area contributed by atoms with Gasteiger partial charge in [-0.25, -0.2) is 9.79 Å². The van der Waals surface area contributed by atoms with Crippen LogP contribution in [-0.2, 0) is 11.3 Å². The Balaban J connectivity index is 0.00000300. The van der Waals surface area contributed by atoms with Crippen molar-refractivity contribution in [2.45, 2.75) is 32.9 Å². The number of ether oxygens (including phenoxy) is 1. The van der Waals surface area contributed by atoms with Crippen molar-refractivity contribution in [3.8, 4) is 0 Å². The van der Waals surface area contributed by atoms with Crippen LogP contribution in [0.2, 0.25) is 0 Å². The van der Waals surface area contributed by atoms with E-state index < -0.39 is 5.97 Å². The van der Waals surface area contributed by atoms with Crippen molar-refractivity contribution in [1.29, 1.82) is 0 Å². The molecule has 158 valence electrons. The SMILES string of the molecule is CCNC(=NCc1cc(C(=O)OC)c(C)o1)NC1CCN(c2ccccc2)C1.I. The van der Waals surface area contributed by atoms with Crippen LogP contribution in [0, 0.1) is 6.92 Å². The molecule has 1 aliphatic heterocycles. The van der Waals surface area contributed by atoms with Crippen molar-refractivity contribution in [3.05, 3.63) is 53.5 Å². The van der Waals surface area contributed by atoms with Gasteiger partial charge in [0.25, 0.3) is 0 Å². The molecule has 0 bridgehead atoms. The van der Waals surface area contributed by atoms with E-state index in [1.807, 2.05) is 13.0 Å². The van der Waals surface area contributed by atoms with Gasteiger partial charge in [0.2, 0.25) is 0 Å². The summed E-state index contributed by atoms with van der Waals surface area (Å²) in [6, 6.07) is 12.5. The smallest absolute Gasteiger partial charge is 0.341 e. The molecule has 0 saturated carbocycles. The van der Waals surface area contributed by atoms with Crippen molar-refractivity contribution in [3.63, 3.8) is 0 Å². The summed E-state index contributed by atoms with van der Waals surface area (Å²) in [4.78, 5) is 18.7. The number of aryl methyl sites for hydroxylation is 1. The molecule has 1 aromatic heterocycles. The molecule has 1 fully saturated rings. The maximum absolute atomic E-state index is 11.7. The first kappa shape index (κ1) is 23.1.